The molecule has 0 bridgehead atoms. The summed E-state index contributed by atoms with van der Waals surface area (Å²) in [6.07, 6.45) is 0. The highest BCUT2D eigenvalue weighted by molar-refractivity contribution is 5.85. The lowest BCUT2D eigenvalue weighted by Crippen LogP contribution is -2.35. The zero-order valence-electron chi connectivity index (χ0n) is 23.5. The second-order valence-corrected chi connectivity index (χ2v) is 9.57. The van der Waals surface area contributed by atoms with E-state index in [0.717, 1.165) is 40.1 Å². The van der Waals surface area contributed by atoms with Crippen molar-refractivity contribution >= 4 is 46.2 Å². The first kappa shape index (κ1) is 32.5. The minimum atomic E-state index is -1.42. The molecule has 4 rings (SSSR count). The molecule has 0 aliphatic rings. The number of anilines is 2. The van der Waals surface area contributed by atoms with Crippen LogP contribution in [0.25, 0.3) is 22.3 Å². The number of aromatic hydroxyl groups is 1. The van der Waals surface area contributed by atoms with E-state index in [1.165, 1.54) is 6.07 Å². The monoisotopic (exact) mass is 640 g/mol. The van der Waals surface area contributed by atoms with E-state index in [4.69, 9.17) is 9.47 Å². The summed E-state index contributed by atoms with van der Waals surface area (Å²) in [6.45, 7) is -4.05. The minimum absolute atomic E-state index is 0.104. The van der Waals surface area contributed by atoms with Crippen molar-refractivity contribution in [3.8, 4) is 28.6 Å². The van der Waals surface area contributed by atoms with E-state index in [1.54, 1.807) is 18.2 Å². The molecule has 4 aromatic rings. The van der Waals surface area contributed by atoms with E-state index in [9.17, 15) is 53.9 Å². The van der Waals surface area contributed by atoms with Gasteiger partial charge in [0, 0.05) is 12.1 Å². The standard InChI is InChI=1S/C29H25FN4O12/c30-15-5-6-19(33(10-24(36)37)11-25(38)39)22(7-15)45-14-46-23-8-17(28-31-18-4-2-1-3-16(18)29(44)32-28)21(35)9-20(23)34(12-26(40)41)13-27(42)43/h1-9,35H,10-14H2,(H,36,37)(H,38,39)(H,40,41)(H,42,43)(H,31,32,44). The normalized spacial score (nSPS) is 10.7. The molecule has 0 fully saturated rings. The van der Waals surface area contributed by atoms with Gasteiger partial charge in [-0.05, 0) is 30.3 Å². The number of aliphatic carboxylic acids is 4. The second-order valence-electron chi connectivity index (χ2n) is 9.57. The number of ether oxygens (including phenoxy) is 2. The fraction of sp³-hybridized carbons (Fsp3) is 0.172. The molecule has 3 aromatic carbocycles. The van der Waals surface area contributed by atoms with Gasteiger partial charge in [0.2, 0.25) is 6.79 Å². The average Bonchev–Trinajstić information content (AvgIpc) is 2.96. The lowest BCUT2D eigenvalue weighted by molar-refractivity contribution is -0.138. The third-order valence-corrected chi connectivity index (χ3v) is 6.28. The van der Waals surface area contributed by atoms with Crippen LogP contribution in [-0.4, -0.2) is 92.3 Å². The predicted molar refractivity (Wildman–Crippen MR) is 157 cm³/mol. The molecule has 17 heteroatoms. The Hall–Kier alpha value is -6.39. The molecule has 0 amide bonds. The lowest BCUT2D eigenvalue weighted by Gasteiger charge is -2.25. The fourth-order valence-electron chi connectivity index (χ4n) is 4.45. The van der Waals surface area contributed by atoms with E-state index in [2.05, 4.69) is 9.97 Å². The Morgan fingerprint density at radius 2 is 1.30 bits per heavy atom. The van der Waals surface area contributed by atoms with Gasteiger partial charge in [-0.25, -0.2) is 9.37 Å². The van der Waals surface area contributed by atoms with Gasteiger partial charge in [-0.2, -0.15) is 0 Å². The van der Waals surface area contributed by atoms with Crippen LogP contribution in [-0.2, 0) is 19.2 Å². The summed E-state index contributed by atoms with van der Waals surface area (Å²) in [5.74, 6) is -7.67. The van der Waals surface area contributed by atoms with Crippen LogP contribution in [0.3, 0.4) is 0 Å². The van der Waals surface area contributed by atoms with Gasteiger partial charge in [0.15, 0.2) is 0 Å². The molecule has 240 valence electrons. The predicted octanol–water partition coefficient (Wildman–Crippen LogP) is 1.80. The third-order valence-electron chi connectivity index (χ3n) is 6.28. The minimum Gasteiger partial charge on any atom is -0.507 e. The smallest absolute Gasteiger partial charge is 0.323 e. The molecule has 0 saturated heterocycles. The number of phenols is 1. The summed E-state index contributed by atoms with van der Waals surface area (Å²) in [5, 5.41) is 48.5. The molecular formula is C29H25FN4O12. The number of carbonyl (C=O) groups is 4. The van der Waals surface area contributed by atoms with Crippen molar-refractivity contribution in [2.45, 2.75) is 0 Å². The Balaban J connectivity index is 1.76. The van der Waals surface area contributed by atoms with Crippen LogP contribution in [0, 0.1) is 5.82 Å². The number of hydrogen-bond donors (Lipinski definition) is 6. The Kier molecular flexibility index (Phi) is 9.85. The Labute approximate surface area is 257 Å². The summed E-state index contributed by atoms with van der Waals surface area (Å²) < 4.78 is 25.4. The molecule has 0 radical (unpaired) electrons. The highest BCUT2D eigenvalue weighted by Gasteiger charge is 2.24. The number of halogens is 1. The number of para-hydroxylation sites is 1. The van der Waals surface area contributed by atoms with Crippen molar-refractivity contribution in [2.24, 2.45) is 0 Å². The zero-order chi connectivity index (χ0) is 33.5. The van der Waals surface area contributed by atoms with Crippen LogP contribution in [0.1, 0.15) is 0 Å². The molecule has 0 atom stereocenters. The molecule has 0 aliphatic carbocycles. The van der Waals surface area contributed by atoms with Crippen molar-refractivity contribution in [1.82, 2.24) is 9.97 Å². The third kappa shape index (κ3) is 7.95. The number of hydrogen-bond acceptors (Lipinski definition) is 11. The number of aromatic amines is 1. The maximum atomic E-state index is 14.2. The number of phenolic OH excluding ortho intramolecular Hbond substituents is 1. The van der Waals surface area contributed by atoms with Gasteiger partial charge >= 0.3 is 23.9 Å². The van der Waals surface area contributed by atoms with Gasteiger partial charge in [0.1, 0.15) is 55.1 Å². The summed E-state index contributed by atoms with van der Waals surface area (Å²) >= 11 is 0. The number of rotatable bonds is 15. The van der Waals surface area contributed by atoms with E-state index in [0.29, 0.717) is 0 Å². The van der Waals surface area contributed by atoms with Crippen LogP contribution in [0.2, 0.25) is 0 Å². The molecule has 0 saturated carbocycles. The molecule has 6 N–H and O–H groups in total. The zero-order valence-corrected chi connectivity index (χ0v) is 23.5. The first-order valence-electron chi connectivity index (χ1n) is 13.1. The van der Waals surface area contributed by atoms with Crippen molar-refractivity contribution < 1.29 is 58.6 Å². The molecule has 16 nitrogen and oxygen atoms in total. The quantitative estimate of drug-likeness (QED) is 0.102. The molecule has 1 aromatic heterocycles. The van der Waals surface area contributed by atoms with Gasteiger partial charge in [-0.15, -0.1) is 0 Å². The van der Waals surface area contributed by atoms with Gasteiger partial charge in [0.25, 0.3) is 5.56 Å². The van der Waals surface area contributed by atoms with Gasteiger partial charge in [0.05, 0.1) is 27.8 Å². The number of aromatic nitrogens is 2. The van der Waals surface area contributed by atoms with E-state index >= 15 is 0 Å². The number of nitrogens with zero attached hydrogens (tertiary/aromatic N) is 3. The molecule has 46 heavy (non-hydrogen) atoms. The van der Waals surface area contributed by atoms with Crippen molar-refractivity contribution in [1.29, 1.82) is 0 Å². The van der Waals surface area contributed by atoms with E-state index < -0.39 is 74.0 Å². The topological polar surface area (TPSA) is 240 Å². The lowest BCUT2D eigenvalue weighted by atomic mass is 10.1. The van der Waals surface area contributed by atoms with Gasteiger partial charge < -0.3 is 49.8 Å². The van der Waals surface area contributed by atoms with Crippen LogP contribution in [0.4, 0.5) is 15.8 Å². The van der Waals surface area contributed by atoms with Crippen molar-refractivity contribution in [3.05, 3.63) is 70.8 Å². The molecular weight excluding hydrogens is 615 g/mol. The first-order valence-corrected chi connectivity index (χ1v) is 13.1. The summed E-state index contributed by atoms with van der Waals surface area (Å²) in [4.78, 5) is 67.1. The number of carboxylic acid groups (broad SMARTS) is 4. The summed E-state index contributed by atoms with van der Waals surface area (Å²) in [6, 6.07) is 11.4. The van der Waals surface area contributed by atoms with Crippen LogP contribution in [0.15, 0.2) is 59.4 Å². The maximum Gasteiger partial charge on any atom is 0.323 e. The van der Waals surface area contributed by atoms with E-state index in [1.807, 2.05) is 0 Å². The summed E-state index contributed by atoms with van der Waals surface area (Å²) in [7, 11) is 0. The average molecular weight is 641 g/mol. The fourth-order valence-corrected chi connectivity index (χ4v) is 4.45. The van der Waals surface area contributed by atoms with E-state index in [-0.39, 0.29) is 45.2 Å². The molecule has 0 unspecified atom stereocenters. The number of nitrogens with one attached hydrogen (secondary N) is 1. The highest BCUT2D eigenvalue weighted by Crippen LogP contribution is 2.39. The molecule has 1 heterocycles. The molecule has 0 aliphatic heterocycles. The van der Waals surface area contributed by atoms with Crippen LogP contribution < -0.4 is 24.8 Å². The van der Waals surface area contributed by atoms with Gasteiger partial charge in [-0.3, -0.25) is 24.0 Å². The number of fused-ring (bicyclic) bond motifs is 1. The van der Waals surface area contributed by atoms with Crippen LogP contribution >= 0.6 is 0 Å². The first-order chi connectivity index (χ1) is 21.8. The van der Waals surface area contributed by atoms with Gasteiger partial charge in [-0.1, -0.05) is 12.1 Å². The van der Waals surface area contributed by atoms with Crippen molar-refractivity contribution in [3.63, 3.8) is 0 Å². The SMILES string of the molecule is O=C(O)CN(CC(=O)O)c1ccc(F)cc1OCOc1cc(-c2nc3ccccc3c(=O)[nH]2)c(O)cc1N(CC(=O)O)CC(=O)O. The number of benzene rings is 3. The Bertz CT molecular complexity index is 1850. The summed E-state index contributed by atoms with van der Waals surface area (Å²) in [5.41, 5.74) is -0.708. The maximum absolute atomic E-state index is 14.2. The van der Waals surface area contributed by atoms with Crippen molar-refractivity contribution in [2.75, 3.05) is 42.8 Å². The number of H-pyrrole nitrogens is 1. The molecule has 0 spiro atoms. The Morgan fingerprint density at radius 1 is 0.761 bits per heavy atom. The highest BCUT2D eigenvalue weighted by atomic mass is 19.1. The van der Waals surface area contributed by atoms with Crippen LogP contribution in [0.5, 0.6) is 17.2 Å². The Morgan fingerprint density at radius 3 is 1.89 bits per heavy atom. The second kappa shape index (κ2) is 13.9. The number of carboxylic acids is 4. The largest absolute Gasteiger partial charge is 0.507 e.